The molecule has 0 saturated heterocycles. The highest BCUT2D eigenvalue weighted by Crippen LogP contribution is 2.29. The lowest BCUT2D eigenvalue weighted by Gasteiger charge is -2.12. The zero-order valence-corrected chi connectivity index (χ0v) is 13.7. The fourth-order valence-corrected chi connectivity index (χ4v) is 2.45. The van der Waals surface area contributed by atoms with E-state index in [1.807, 2.05) is 12.1 Å². The largest absolute Gasteiger partial charge is 0.481 e. The Morgan fingerprint density at radius 1 is 1.39 bits per heavy atom. The highest BCUT2D eigenvalue weighted by molar-refractivity contribution is 6.33. The third-order valence-electron chi connectivity index (χ3n) is 3.37. The zero-order valence-electron chi connectivity index (χ0n) is 12.9. The molecule has 23 heavy (non-hydrogen) atoms. The quantitative estimate of drug-likeness (QED) is 0.850. The van der Waals surface area contributed by atoms with Gasteiger partial charge in [-0.25, -0.2) is 0 Å². The van der Waals surface area contributed by atoms with E-state index in [9.17, 15) is 9.59 Å². The Labute approximate surface area is 139 Å². The van der Waals surface area contributed by atoms with Crippen LogP contribution in [-0.4, -0.2) is 32.8 Å². The van der Waals surface area contributed by atoms with Crippen molar-refractivity contribution in [3.8, 4) is 11.3 Å². The molecule has 7 heteroatoms. The average molecular weight is 336 g/mol. The Hall–Kier alpha value is -2.34. The summed E-state index contributed by atoms with van der Waals surface area (Å²) in [6, 6.07) is 6.92. The monoisotopic (exact) mass is 335 g/mol. The smallest absolute Gasteiger partial charge is 0.303 e. The molecule has 2 aromatic rings. The molecule has 6 nitrogen and oxygen atoms in total. The topological polar surface area (TPSA) is 84.2 Å². The minimum atomic E-state index is -0.885. The number of carboxylic acids is 1. The van der Waals surface area contributed by atoms with Crippen molar-refractivity contribution >= 4 is 23.5 Å². The Bertz CT molecular complexity index is 727. The first kappa shape index (κ1) is 17.0. The summed E-state index contributed by atoms with van der Waals surface area (Å²) in [6.07, 6.45) is 1.99. The van der Waals surface area contributed by atoms with Gasteiger partial charge in [-0.15, -0.1) is 0 Å². The van der Waals surface area contributed by atoms with Gasteiger partial charge in [-0.05, 0) is 19.4 Å². The molecular formula is C16H18ClN3O3. The highest BCUT2D eigenvalue weighted by atomic mass is 35.5. The standard InChI is InChI=1S/C16H18ClN3O3/c1-10(7-8-14(21)22)18-16(23)12-9-20(2)19-15(12)11-5-3-4-6-13(11)17/h3-6,9-10H,7-8H2,1-2H3,(H,18,23)(H,21,22). The number of benzene rings is 1. The van der Waals surface area contributed by atoms with Gasteiger partial charge in [0.15, 0.2) is 0 Å². The van der Waals surface area contributed by atoms with E-state index in [4.69, 9.17) is 16.7 Å². The number of nitrogens with one attached hydrogen (secondary N) is 1. The Morgan fingerprint density at radius 3 is 2.74 bits per heavy atom. The van der Waals surface area contributed by atoms with Gasteiger partial charge >= 0.3 is 5.97 Å². The molecule has 2 N–H and O–H groups in total. The lowest BCUT2D eigenvalue weighted by molar-refractivity contribution is -0.137. The van der Waals surface area contributed by atoms with Crippen molar-refractivity contribution in [2.24, 2.45) is 7.05 Å². The van der Waals surface area contributed by atoms with Gasteiger partial charge in [-0.3, -0.25) is 14.3 Å². The number of carbonyl (C=O) groups is 2. The van der Waals surface area contributed by atoms with Crippen LogP contribution >= 0.6 is 11.6 Å². The second kappa shape index (κ2) is 7.28. The predicted octanol–water partition coefficient (Wildman–Crippen LogP) is 2.72. The van der Waals surface area contributed by atoms with E-state index in [0.717, 1.165) is 0 Å². The fourth-order valence-electron chi connectivity index (χ4n) is 2.22. The van der Waals surface area contributed by atoms with Crippen LogP contribution < -0.4 is 5.32 Å². The van der Waals surface area contributed by atoms with E-state index < -0.39 is 5.97 Å². The number of hydrogen-bond acceptors (Lipinski definition) is 3. The van der Waals surface area contributed by atoms with Gasteiger partial charge in [-0.1, -0.05) is 29.8 Å². The highest BCUT2D eigenvalue weighted by Gasteiger charge is 2.20. The van der Waals surface area contributed by atoms with Crippen LogP contribution in [0.25, 0.3) is 11.3 Å². The minimum absolute atomic E-state index is 0.00581. The number of carboxylic acid groups (broad SMARTS) is 1. The van der Waals surface area contributed by atoms with E-state index in [2.05, 4.69) is 10.4 Å². The maximum Gasteiger partial charge on any atom is 0.303 e. The van der Waals surface area contributed by atoms with E-state index >= 15 is 0 Å². The Balaban J connectivity index is 2.22. The third-order valence-corrected chi connectivity index (χ3v) is 3.70. The number of nitrogens with zero attached hydrogens (tertiary/aromatic N) is 2. The molecule has 2 rings (SSSR count). The van der Waals surface area contributed by atoms with Gasteiger partial charge in [0.05, 0.1) is 10.6 Å². The molecule has 1 unspecified atom stereocenters. The summed E-state index contributed by atoms with van der Waals surface area (Å²) >= 11 is 6.19. The average Bonchev–Trinajstić information content (AvgIpc) is 2.87. The molecule has 0 fully saturated rings. The van der Waals surface area contributed by atoms with Crippen molar-refractivity contribution in [2.75, 3.05) is 0 Å². The van der Waals surface area contributed by atoms with Crippen molar-refractivity contribution in [2.45, 2.75) is 25.8 Å². The lowest BCUT2D eigenvalue weighted by atomic mass is 10.1. The molecule has 1 aromatic heterocycles. The summed E-state index contributed by atoms with van der Waals surface area (Å²) in [4.78, 5) is 23.1. The molecule has 0 aliphatic rings. The second-order valence-corrected chi connectivity index (χ2v) is 5.76. The maximum absolute atomic E-state index is 12.5. The van der Waals surface area contributed by atoms with E-state index in [1.165, 1.54) is 0 Å². The van der Waals surface area contributed by atoms with Gasteiger partial charge < -0.3 is 10.4 Å². The maximum atomic E-state index is 12.5. The van der Waals surface area contributed by atoms with Crippen LogP contribution in [0.5, 0.6) is 0 Å². The normalized spacial score (nSPS) is 12.0. The number of rotatable bonds is 6. The van der Waals surface area contributed by atoms with Crippen molar-refractivity contribution in [1.82, 2.24) is 15.1 Å². The molecule has 1 amide bonds. The lowest BCUT2D eigenvalue weighted by Crippen LogP contribution is -2.33. The molecule has 0 aliphatic carbocycles. The molecule has 1 atom stereocenters. The molecule has 0 radical (unpaired) electrons. The number of aryl methyl sites for hydroxylation is 1. The first-order valence-electron chi connectivity index (χ1n) is 7.19. The predicted molar refractivity (Wildman–Crippen MR) is 87.5 cm³/mol. The summed E-state index contributed by atoms with van der Waals surface area (Å²) < 4.78 is 1.55. The van der Waals surface area contributed by atoms with Crippen LogP contribution in [0.2, 0.25) is 5.02 Å². The number of halogens is 1. The summed E-state index contributed by atoms with van der Waals surface area (Å²) in [5.41, 5.74) is 1.59. The van der Waals surface area contributed by atoms with Crippen LogP contribution in [0, 0.1) is 0 Å². The number of aromatic nitrogens is 2. The van der Waals surface area contributed by atoms with Crippen molar-refractivity contribution in [1.29, 1.82) is 0 Å². The number of amides is 1. The number of aliphatic carboxylic acids is 1. The van der Waals surface area contributed by atoms with Gasteiger partial charge in [-0.2, -0.15) is 5.10 Å². The Morgan fingerprint density at radius 2 is 2.09 bits per heavy atom. The van der Waals surface area contributed by atoms with Crippen molar-refractivity contribution < 1.29 is 14.7 Å². The second-order valence-electron chi connectivity index (χ2n) is 5.35. The molecule has 0 bridgehead atoms. The zero-order chi connectivity index (χ0) is 17.0. The molecule has 0 aliphatic heterocycles. The van der Waals surface area contributed by atoms with Crippen molar-refractivity contribution in [3.05, 3.63) is 41.0 Å². The first-order valence-corrected chi connectivity index (χ1v) is 7.57. The molecule has 0 spiro atoms. The third kappa shape index (κ3) is 4.32. The summed E-state index contributed by atoms with van der Waals surface area (Å²) in [6.45, 7) is 1.77. The summed E-state index contributed by atoms with van der Waals surface area (Å²) in [5, 5.41) is 16.3. The molecular weight excluding hydrogens is 318 g/mol. The van der Waals surface area contributed by atoms with Gasteiger partial charge in [0.2, 0.25) is 0 Å². The SMILES string of the molecule is CC(CCC(=O)O)NC(=O)c1cn(C)nc1-c1ccccc1Cl. The van der Waals surface area contributed by atoms with Gasteiger partial charge in [0.1, 0.15) is 5.69 Å². The van der Waals surface area contributed by atoms with Gasteiger partial charge in [0.25, 0.3) is 5.91 Å². The van der Waals surface area contributed by atoms with Crippen LogP contribution in [0.3, 0.4) is 0 Å². The van der Waals surface area contributed by atoms with Crippen LogP contribution in [-0.2, 0) is 11.8 Å². The van der Waals surface area contributed by atoms with E-state index in [-0.39, 0.29) is 18.4 Å². The first-order chi connectivity index (χ1) is 10.9. The molecule has 122 valence electrons. The Kier molecular flexibility index (Phi) is 5.39. The minimum Gasteiger partial charge on any atom is -0.481 e. The molecule has 1 heterocycles. The van der Waals surface area contributed by atoms with Crippen LogP contribution in [0.4, 0.5) is 0 Å². The number of hydrogen-bond donors (Lipinski definition) is 2. The van der Waals surface area contributed by atoms with E-state index in [0.29, 0.717) is 28.3 Å². The number of carbonyl (C=O) groups excluding carboxylic acids is 1. The van der Waals surface area contributed by atoms with Gasteiger partial charge in [0, 0.05) is 31.3 Å². The van der Waals surface area contributed by atoms with Crippen LogP contribution in [0.1, 0.15) is 30.1 Å². The fraction of sp³-hybridized carbons (Fsp3) is 0.312. The molecule has 1 aromatic carbocycles. The van der Waals surface area contributed by atoms with Crippen LogP contribution in [0.15, 0.2) is 30.5 Å². The van der Waals surface area contributed by atoms with Crippen molar-refractivity contribution in [3.63, 3.8) is 0 Å². The summed E-state index contributed by atoms with van der Waals surface area (Å²) in [7, 11) is 1.73. The summed E-state index contributed by atoms with van der Waals surface area (Å²) in [5.74, 6) is -1.19. The van der Waals surface area contributed by atoms with E-state index in [1.54, 1.807) is 37.0 Å². The molecule has 0 saturated carbocycles.